The number of carbonyl (C=O) groups excluding carboxylic acids is 2. The first-order chi connectivity index (χ1) is 9.55. The molecule has 0 saturated carbocycles. The summed E-state index contributed by atoms with van der Waals surface area (Å²) in [6, 6.07) is -0.894. The summed E-state index contributed by atoms with van der Waals surface area (Å²) in [7, 11) is 1.09. The molecule has 0 aliphatic heterocycles. The summed E-state index contributed by atoms with van der Waals surface area (Å²) in [5.41, 5.74) is 5.16. The molecule has 0 radical (unpaired) electrons. The van der Waals surface area contributed by atoms with Crippen LogP contribution in [0.3, 0.4) is 0 Å². The highest BCUT2D eigenvalue weighted by molar-refractivity contribution is 7.76. The van der Waals surface area contributed by atoms with E-state index in [0.717, 1.165) is 7.05 Å². The molecular formula is C12H24N3O5S-. The van der Waals surface area contributed by atoms with Crippen LogP contribution in [0.15, 0.2) is 0 Å². The van der Waals surface area contributed by atoms with Crippen LogP contribution in [0.4, 0.5) is 0 Å². The Labute approximate surface area is 127 Å². The Balaban J connectivity index is 3.85. The predicted octanol–water partition coefficient (Wildman–Crippen LogP) is -0.170. The molecule has 3 N–H and O–H groups in total. The molecular weight excluding hydrogens is 298 g/mol. The van der Waals surface area contributed by atoms with E-state index in [1.54, 1.807) is 0 Å². The van der Waals surface area contributed by atoms with Gasteiger partial charge in [0.25, 0.3) is 0 Å². The van der Waals surface area contributed by atoms with Crippen LogP contribution in [0.1, 0.15) is 40.0 Å². The lowest BCUT2D eigenvalue weighted by Crippen LogP contribution is -2.37. The summed E-state index contributed by atoms with van der Waals surface area (Å²) in [6.45, 7) is 5.97. The summed E-state index contributed by atoms with van der Waals surface area (Å²) in [6.07, 6.45) is 1.64. The maximum absolute atomic E-state index is 11.6. The molecule has 124 valence electrons. The Morgan fingerprint density at radius 3 is 2.43 bits per heavy atom. The number of nitrogens with two attached hydrogens (primary N) is 1. The summed E-state index contributed by atoms with van der Waals surface area (Å²) in [5.74, 6) is -0.841. The first-order valence-electron chi connectivity index (χ1n) is 6.64. The minimum absolute atomic E-state index is 0.0363. The maximum Gasteiger partial charge on any atom is 0.342 e. The first kappa shape index (κ1) is 20.0. The van der Waals surface area contributed by atoms with E-state index >= 15 is 0 Å². The summed E-state index contributed by atoms with van der Waals surface area (Å²) >= 11 is -2.63. The minimum Gasteiger partial charge on any atom is -0.757 e. The van der Waals surface area contributed by atoms with Crippen molar-refractivity contribution >= 4 is 23.1 Å². The highest BCUT2D eigenvalue weighted by Gasteiger charge is 2.20. The number of rotatable bonds is 8. The molecule has 8 nitrogen and oxygen atoms in total. The number of nitrogens with zero attached hydrogens (tertiary/aromatic N) is 1. The number of hydrogen-bond donors (Lipinski definition) is 2. The molecule has 2 atom stereocenters. The van der Waals surface area contributed by atoms with Crippen LogP contribution in [-0.2, 0) is 25.7 Å². The normalized spacial score (nSPS) is 14.6. The molecule has 0 aromatic carbocycles. The zero-order valence-corrected chi connectivity index (χ0v) is 13.7. The molecule has 9 heteroatoms. The smallest absolute Gasteiger partial charge is 0.342 e. The number of hydroxylamine groups is 1. The zero-order chi connectivity index (χ0) is 16.6. The summed E-state index contributed by atoms with van der Waals surface area (Å²) < 4.78 is 21.3. The third kappa shape index (κ3) is 8.76. The number of carbonyl (C=O) groups is 2. The third-order valence-corrected chi connectivity index (χ3v) is 3.13. The van der Waals surface area contributed by atoms with Crippen molar-refractivity contribution in [3.8, 4) is 0 Å². The van der Waals surface area contributed by atoms with Gasteiger partial charge < -0.3 is 20.4 Å². The Morgan fingerprint density at radius 1 is 1.38 bits per heavy atom. The second-order valence-electron chi connectivity index (χ2n) is 5.68. The Bertz CT molecular complexity index is 384. The van der Waals surface area contributed by atoms with E-state index in [0.29, 0.717) is 30.3 Å². The van der Waals surface area contributed by atoms with Gasteiger partial charge in [0, 0.05) is 19.0 Å². The average Bonchev–Trinajstić information content (AvgIpc) is 2.36. The second kappa shape index (κ2) is 9.08. The highest BCUT2D eigenvalue weighted by atomic mass is 32.2. The molecule has 0 bridgehead atoms. The average molecular weight is 322 g/mol. The number of unbranched alkanes of at least 4 members (excludes halogenated alkanes) is 1. The van der Waals surface area contributed by atoms with E-state index in [1.807, 2.05) is 20.8 Å². The van der Waals surface area contributed by atoms with Crippen LogP contribution in [-0.4, -0.2) is 44.7 Å². The zero-order valence-electron chi connectivity index (χ0n) is 12.9. The van der Waals surface area contributed by atoms with Gasteiger partial charge in [-0.2, -0.15) is 0 Å². The molecule has 0 heterocycles. The highest BCUT2D eigenvalue weighted by Crippen LogP contribution is 2.12. The monoisotopic (exact) mass is 322 g/mol. The van der Waals surface area contributed by atoms with Crippen molar-refractivity contribution in [3.05, 3.63) is 0 Å². The Morgan fingerprint density at radius 2 is 1.95 bits per heavy atom. The van der Waals surface area contributed by atoms with Crippen molar-refractivity contribution in [2.45, 2.75) is 46.1 Å². The third-order valence-electron chi connectivity index (χ3n) is 2.64. The van der Waals surface area contributed by atoms with Crippen LogP contribution < -0.4 is 11.1 Å². The van der Waals surface area contributed by atoms with E-state index in [4.69, 9.17) is 5.73 Å². The van der Waals surface area contributed by atoms with Crippen LogP contribution >= 0.6 is 0 Å². The van der Waals surface area contributed by atoms with Gasteiger partial charge in [-0.1, -0.05) is 25.2 Å². The van der Waals surface area contributed by atoms with Gasteiger partial charge in [-0.3, -0.25) is 9.00 Å². The van der Waals surface area contributed by atoms with Crippen LogP contribution in [0.5, 0.6) is 0 Å². The SMILES string of the molecule is CN(OC(=O)[C@@H](N)CCCCNC(=O)C(C)(C)C)S(=O)[O-]. The van der Waals surface area contributed by atoms with Crippen molar-refractivity contribution in [2.75, 3.05) is 13.6 Å². The lowest BCUT2D eigenvalue weighted by Gasteiger charge is -2.20. The van der Waals surface area contributed by atoms with E-state index in [-0.39, 0.29) is 5.91 Å². The van der Waals surface area contributed by atoms with Crippen molar-refractivity contribution in [1.29, 1.82) is 0 Å². The van der Waals surface area contributed by atoms with Crippen molar-refractivity contribution in [2.24, 2.45) is 11.1 Å². The van der Waals surface area contributed by atoms with Gasteiger partial charge in [-0.25, -0.2) is 4.79 Å². The van der Waals surface area contributed by atoms with Gasteiger partial charge in [0.15, 0.2) is 0 Å². The molecule has 1 unspecified atom stereocenters. The fraction of sp³-hybridized carbons (Fsp3) is 0.833. The van der Waals surface area contributed by atoms with E-state index in [9.17, 15) is 18.4 Å². The Hall–Kier alpha value is -1.03. The number of nitrogens with one attached hydrogen (secondary N) is 1. The van der Waals surface area contributed by atoms with Crippen molar-refractivity contribution in [1.82, 2.24) is 9.79 Å². The summed E-state index contributed by atoms with van der Waals surface area (Å²) in [4.78, 5) is 27.5. The molecule has 0 aromatic heterocycles. The van der Waals surface area contributed by atoms with Crippen molar-refractivity contribution < 1.29 is 23.2 Å². The molecule has 0 spiro atoms. The molecule has 0 saturated heterocycles. The topological polar surface area (TPSA) is 125 Å². The standard InChI is InChI=1S/C12H25N3O5S/c1-12(2,3)11(17)14-8-6-5-7-9(13)10(16)20-15(4)21(18)19/h9H,5-8,13H2,1-4H3,(H,14,17)(H,18,19)/p-1/t9-/m0/s1. The van der Waals surface area contributed by atoms with Gasteiger partial charge in [-0.05, 0) is 19.3 Å². The summed E-state index contributed by atoms with van der Waals surface area (Å²) in [5, 5.41) is 2.79. The number of amides is 1. The van der Waals surface area contributed by atoms with E-state index in [1.165, 1.54) is 0 Å². The molecule has 0 aromatic rings. The van der Waals surface area contributed by atoms with Gasteiger partial charge in [-0.15, -0.1) is 0 Å². The van der Waals surface area contributed by atoms with Crippen molar-refractivity contribution in [3.63, 3.8) is 0 Å². The Kier molecular flexibility index (Phi) is 8.64. The molecule has 0 aliphatic carbocycles. The fourth-order valence-electron chi connectivity index (χ4n) is 1.30. The second-order valence-corrected chi connectivity index (χ2v) is 6.62. The van der Waals surface area contributed by atoms with E-state index in [2.05, 4.69) is 10.2 Å². The van der Waals surface area contributed by atoms with Gasteiger partial charge in [0.2, 0.25) is 5.91 Å². The quantitative estimate of drug-likeness (QED) is 0.363. The van der Waals surface area contributed by atoms with Crippen LogP contribution in [0.2, 0.25) is 0 Å². The largest absolute Gasteiger partial charge is 0.757 e. The fourth-order valence-corrected chi connectivity index (χ4v) is 1.43. The first-order valence-corrected chi connectivity index (χ1v) is 7.67. The molecule has 1 amide bonds. The van der Waals surface area contributed by atoms with Gasteiger partial charge in [0.05, 0.1) is 11.3 Å². The minimum atomic E-state index is -2.63. The van der Waals surface area contributed by atoms with Gasteiger partial charge in [0.1, 0.15) is 6.04 Å². The molecule has 21 heavy (non-hydrogen) atoms. The lowest BCUT2D eigenvalue weighted by atomic mass is 9.95. The predicted molar refractivity (Wildman–Crippen MR) is 77.1 cm³/mol. The van der Waals surface area contributed by atoms with E-state index < -0.39 is 28.7 Å². The van der Waals surface area contributed by atoms with Crippen LogP contribution in [0.25, 0.3) is 0 Å². The molecule has 0 aliphatic rings. The molecule has 0 fully saturated rings. The van der Waals surface area contributed by atoms with Gasteiger partial charge >= 0.3 is 5.97 Å². The number of hydrogen-bond acceptors (Lipinski definition) is 6. The maximum atomic E-state index is 11.6. The van der Waals surface area contributed by atoms with Crippen LogP contribution in [0, 0.1) is 5.41 Å². The molecule has 0 rings (SSSR count). The lowest BCUT2D eigenvalue weighted by molar-refractivity contribution is -0.168.